The van der Waals surface area contributed by atoms with Gasteiger partial charge in [0.1, 0.15) is 0 Å². The number of carbonyl (C=O) groups excluding carboxylic acids is 1. The van der Waals surface area contributed by atoms with Crippen LogP contribution < -0.4 is 0 Å². The Labute approximate surface area is 105 Å². The Balaban J connectivity index is 3.80. The molecule has 0 N–H and O–H groups in total. The third kappa shape index (κ3) is 11.0. The van der Waals surface area contributed by atoms with E-state index in [0.717, 1.165) is 18.4 Å². The van der Waals surface area contributed by atoms with Crippen molar-refractivity contribution >= 4 is 5.97 Å². The molecular weight excluding hydrogens is 212 g/mol. The number of hydrogen-bond acceptors (Lipinski definition) is 2. The van der Waals surface area contributed by atoms with Gasteiger partial charge in [0.05, 0.1) is 6.26 Å². The van der Waals surface area contributed by atoms with Crippen LogP contribution in [-0.4, -0.2) is 5.97 Å². The fraction of sp³-hybridized carbons (Fsp3) is 0.533. The Kier molecular flexibility index (Phi) is 8.12. The van der Waals surface area contributed by atoms with Crippen LogP contribution in [0.4, 0.5) is 0 Å². The first-order valence-electron chi connectivity index (χ1n) is 6.06. The molecule has 1 unspecified atom stereocenters. The van der Waals surface area contributed by atoms with Crippen molar-refractivity contribution in [3.8, 4) is 0 Å². The van der Waals surface area contributed by atoms with Crippen molar-refractivity contribution in [1.82, 2.24) is 0 Å². The van der Waals surface area contributed by atoms with Gasteiger partial charge in [0.15, 0.2) is 0 Å². The van der Waals surface area contributed by atoms with E-state index in [1.165, 1.54) is 11.8 Å². The summed E-state index contributed by atoms with van der Waals surface area (Å²) in [6.07, 6.45) is 7.81. The zero-order valence-electron chi connectivity index (χ0n) is 11.5. The van der Waals surface area contributed by atoms with Crippen LogP contribution in [0.3, 0.4) is 0 Å². The lowest BCUT2D eigenvalue weighted by Gasteiger charge is -2.08. The van der Waals surface area contributed by atoms with Crippen molar-refractivity contribution in [1.29, 1.82) is 0 Å². The number of hydrogen-bond donors (Lipinski definition) is 0. The molecule has 0 heterocycles. The minimum absolute atomic E-state index is 0.174. The first kappa shape index (κ1) is 15.7. The Bertz CT molecular complexity index is 307. The first-order chi connectivity index (χ1) is 7.91. The van der Waals surface area contributed by atoms with Crippen LogP contribution in [0.2, 0.25) is 0 Å². The van der Waals surface area contributed by atoms with E-state index in [1.54, 1.807) is 6.08 Å². The molecule has 2 heteroatoms. The average Bonchev–Trinajstić information content (AvgIpc) is 2.15. The minimum Gasteiger partial charge on any atom is -0.434 e. The number of carbonyl (C=O) groups is 1. The number of esters is 1. The van der Waals surface area contributed by atoms with Crippen LogP contribution in [0.5, 0.6) is 0 Å². The van der Waals surface area contributed by atoms with Crippen LogP contribution in [0.15, 0.2) is 36.1 Å². The molecule has 0 saturated heterocycles. The first-order valence-corrected chi connectivity index (χ1v) is 6.06. The molecule has 0 aromatic carbocycles. The minimum atomic E-state index is -0.174. The largest absolute Gasteiger partial charge is 0.434 e. The highest BCUT2D eigenvalue weighted by molar-refractivity contribution is 5.70. The quantitative estimate of drug-likeness (QED) is 0.283. The highest BCUT2D eigenvalue weighted by atomic mass is 16.5. The van der Waals surface area contributed by atoms with Crippen LogP contribution in [-0.2, 0) is 9.53 Å². The second-order valence-electron chi connectivity index (χ2n) is 4.81. The van der Waals surface area contributed by atoms with Crippen molar-refractivity contribution in [3.63, 3.8) is 0 Å². The maximum atomic E-state index is 11.4. The van der Waals surface area contributed by atoms with E-state index in [-0.39, 0.29) is 5.97 Å². The molecule has 1 atom stereocenters. The highest BCUT2D eigenvalue weighted by Crippen LogP contribution is 2.12. The summed E-state index contributed by atoms with van der Waals surface area (Å²) in [5, 5.41) is 0. The van der Waals surface area contributed by atoms with E-state index in [4.69, 9.17) is 4.74 Å². The molecule has 0 bridgehead atoms. The molecular formula is C15H24O2. The molecule has 0 saturated carbocycles. The summed E-state index contributed by atoms with van der Waals surface area (Å²) in [6, 6.07) is 0. The fourth-order valence-electron chi connectivity index (χ4n) is 1.32. The van der Waals surface area contributed by atoms with Gasteiger partial charge in [-0.05, 0) is 45.6 Å². The molecule has 17 heavy (non-hydrogen) atoms. The van der Waals surface area contributed by atoms with Crippen molar-refractivity contribution in [2.24, 2.45) is 5.92 Å². The van der Waals surface area contributed by atoms with E-state index in [1.807, 2.05) is 6.92 Å². The second kappa shape index (κ2) is 8.80. The number of allylic oxidation sites excluding steroid dienone is 4. The van der Waals surface area contributed by atoms with Crippen LogP contribution in [0, 0.1) is 5.92 Å². The monoisotopic (exact) mass is 236 g/mol. The number of ether oxygens (including phenoxy) is 1. The fourth-order valence-corrected chi connectivity index (χ4v) is 1.32. The Morgan fingerprint density at radius 2 is 2.00 bits per heavy atom. The molecule has 0 aliphatic rings. The lowest BCUT2D eigenvalue weighted by molar-refractivity contribution is -0.139. The third-order valence-corrected chi connectivity index (χ3v) is 2.28. The van der Waals surface area contributed by atoms with Gasteiger partial charge in [-0.15, -0.1) is 0 Å². The number of rotatable bonds is 7. The Morgan fingerprint density at radius 3 is 2.53 bits per heavy atom. The molecule has 0 radical (unpaired) electrons. The van der Waals surface area contributed by atoms with Crippen molar-refractivity contribution in [3.05, 3.63) is 36.1 Å². The molecule has 0 fully saturated rings. The maximum absolute atomic E-state index is 11.4. The molecule has 0 spiro atoms. The Morgan fingerprint density at radius 1 is 1.35 bits per heavy atom. The molecule has 0 rings (SSSR count). The zero-order valence-corrected chi connectivity index (χ0v) is 11.5. The van der Waals surface area contributed by atoms with Crippen molar-refractivity contribution in [2.45, 2.75) is 47.0 Å². The molecule has 2 nitrogen and oxygen atoms in total. The lowest BCUT2D eigenvalue weighted by atomic mass is 10.0. The average molecular weight is 236 g/mol. The van der Waals surface area contributed by atoms with Gasteiger partial charge in [-0.3, -0.25) is 4.79 Å². The van der Waals surface area contributed by atoms with Gasteiger partial charge in [-0.2, -0.15) is 0 Å². The predicted octanol–water partition coefficient (Wildman–Crippen LogP) is 4.39. The summed E-state index contributed by atoms with van der Waals surface area (Å²) in [4.78, 5) is 11.4. The van der Waals surface area contributed by atoms with Gasteiger partial charge in [-0.25, -0.2) is 0 Å². The molecule has 0 amide bonds. The summed E-state index contributed by atoms with van der Waals surface area (Å²) in [5.41, 5.74) is 2.19. The van der Waals surface area contributed by atoms with Gasteiger partial charge >= 0.3 is 5.97 Å². The van der Waals surface area contributed by atoms with Crippen LogP contribution in [0.25, 0.3) is 0 Å². The van der Waals surface area contributed by atoms with E-state index < -0.39 is 0 Å². The van der Waals surface area contributed by atoms with Crippen LogP contribution >= 0.6 is 0 Å². The van der Waals surface area contributed by atoms with Gasteiger partial charge < -0.3 is 4.74 Å². The second-order valence-corrected chi connectivity index (χ2v) is 4.81. The van der Waals surface area contributed by atoms with Gasteiger partial charge in [0, 0.05) is 6.42 Å². The van der Waals surface area contributed by atoms with Crippen LogP contribution in [0.1, 0.15) is 47.0 Å². The molecule has 0 aliphatic carbocycles. The summed E-state index contributed by atoms with van der Waals surface area (Å²) in [6.45, 7) is 11.8. The van der Waals surface area contributed by atoms with Gasteiger partial charge in [-0.1, -0.05) is 30.7 Å². The van der Waals surface area contributed by atoms with Crippen molar-refractivity contribution < 1.29 is 9.53 Å². The predicted molar refractivity (Wildman–Crippen MR) is 72.5 cm³/mol. The molecule has 96 valence electrons. The summed E-state index contributed by atoms with van der Waals surface area (Å²) >= 11 is 0. The topological polar surface area (TPSA) is 26.3 Å². The maximum Gasteiger partial charge on any atom is 0.310 e. The molecule has 0 aliphatic heterocycles. The zero-order chi connectivity index (χ0) is 13.3. The summed E-state index contributed by atoms with van der Waals surface area (Å²) in [5.74, 6) is 0.184. The lowest BCUT2D eigenvalue weighted by Crippen LogP contribution is -2.06. The summed E-state index contributed by atoms with van der Waals surface area (Å²) < 4.78 is 4.96. The molecule has 0 aromatic heterocycles. The van der Waals surface area contributed by atoms with Crippen molar-refractivity contribution in [2.75, 3.05) is 0 Å². The highest BCUT2D eigenvalue weighted by Gasteiger charge is 2.08. The van der Waals surface area contributed by atoms with E-state index in [2.05, 4.69) is 33.4 Å². The smallest absolute Gasteiger partial charge is 0.310 e. The standard InChI is InChI=1S/C15H24O2/c1-12(2)7-6-8-14(5)11-15(16)17-10-9-13(3)4/h7,9-10,14H,3,6,8,11H2,1-2,4-5H3. The summed E-state index contributed by atoms with van der Waals surface area (Å²) in [7, 11) is 0. The molecule has 0 aromatic rings. The Hall–Kier alpha value is -1.31. The van der Waals surface area contributed by atoms with Gasteiger partial charge in [0.2, 0.25) is 0 Å². The van der Waals surface area contributed by atoms with E-state index in [0.29, 0.717) is 12.3 Å². The SMILES string of the molecule is C=C(C)C=COC(=O)CC(C)CCC=C(C)C. The van der Waals surface area contributed by atoms with E-state index in [9.17, 15) is 4.79 Å². The normalized spacial score (nSPS) is 12.2. The third-order valence-electron chi connectivity index (χ3n) is 2.28. The van der Waals surface area contributed by atoms with Gasteiger partial charge in [0.25, 0.3) is 0 Å². The van der Waals surface area contributed by atoms with E-state index >= 15 is 0 Å².